The summed E-state index contributed by atoms with van der Waals surface area (Å²) >= 11 is 0. The number of amides is 1. The number of carbonyl (C=O) groups is 1. The maximum absolute atomic E-state index is 11.9. The smallest absolute Gasteiger partial charge is 0.225 e. The van der Waals surface area contributed by atoms with Crippen molar-refractivity contribution in [3.63, 3.8) is 0 Å². The van der Waals surface area contributed by atoms with Crippen LogP contribution in [-0.2, 0) is 4.79 Å². The zero-order chi connectivity index (χ0) is 11.7. The highest BCUT2D eigenvalue weighted by molar-refractivity contribution is 5.81. The second-order valence-electron chi connectivity index (χ2n) is 5.62. The Kier molecular flexibility index (Phi) is 3.53. The molecule has 0 aromatic carbocycles. The van der Waals surface area contributed by atoms with Gasteiger partial charge in [0.15, 0.2) is 0 Å². The van der Waals surface area contributed by atoms with E-state index in [9.17, 15) is 4.79 Å². The minimum absolute atomic E-state index is 0.383. The Bertz CT molecular complexity index is 253. The van der Waals surface area contributed by atoms with Crippen LogP contribution in [0, 0.1) is 11.8 Å². The standard InChI is InChI=1S/C13H24N2O/c1-10(2)11(3)14-6-8-15(9-7-14)13(16)12-4-5-12/h10-12H,4-9H2,1-3H3. The molecule has 0 N–H and O–H groups in total. The van der Waals surface area contributed by atoms with E-state index >= 15 is 0 Å². The molecular weight excluding hydrogens is 200 g/mol. The van der Waals surface area contributed by atoms with Gasteiger partial charge in [-0.1, -0.05) is 13.8 Å². The van der Waals surface area contributed by atoms with Gasteiger partial charge in [-0.2, -0.15) is 0 Å². The van der Waals surface area contributed by atoms with Gasteiger partial charge in [0.25, 0.3) is 0 Å². The van der Waals surface area contributed by atoms with E-state index in [1.54, 1.807) is 0 Å². The van der Waals surface area contributed by atoms with Gasteiger partial charge in [-0.15, -0.1) is 0 Å². The van der Waals surface area contributed by atoms with Crippen LogP contribution in [0.4, 0.5) is 0 Å². The van der Waals surface area contributed by atoms with Crippen molar-refractivity contribution in [1.82, 2.24) is 9.80 Å². The molecule has 1 unspecified atom stereocenters. The summed E-state index contributed by atoms with van der Waals surface area (Å²) in [4.78, 5) is 16.5. The number of nitrogens with zero attached hydrogens (tertiary/aromatic N) is 2. The van der Waals surface area contributed by atoms with Crippen molar-refractivity contribution in [1.29, 1.82) is 0 Å². The molecule has 2 rings (SSSR count). The molecule has 2 fully saturated rings. The van der Waals surface area contributed by atoms with Crippen LogP contribution in [0.25, 0.3) is 0 Å². The molecule has 0 bridgehead atoms. The Morgan fingerprint density at radius 2 is 1.62 bits per heavy atom. The van der Waals surface area contributed by atoms with Crippen LogP contribution in [0.15, 0.2) is 0 Å². The summed E-state index contributed by atoms with van der Waals surface area (Å²) in [5.41, 5.74) is 0. The molecule has 1 saturated heterocycles. The molecule has 3 nitrogen and oxygen atoms in total. The van der Waals surface area contributed by atoms with Crippen LogP contribution >= 0.6 is 0 Å². The fourth-order valence-electron chi connectivity index (χ4n) is 2.36. The predicted octanol–water partition coefficient (Wildman–Crippen LogP) is 1.59. The SMILES string of the molecule is CC(C)C(C)N1CCN(C(=O)C2CC2)CC1. The number of piperazine rings is 1. The van der Waals surface area contributed by atoms with E-state index in [1.807, 2.05) is 0 Å². The Morgan fingerprint density at radius 3 is 2.06 bits per heavy atom. The van der Waals surface area contributed by atoms with Gasteiger partial charge in [0, 0.05) is 38.1 Å². The lowest BCUT2D eigenvalue weighted by Gasteiger charge is -2.39. The average Bonchev–Trinajstić information content (AvgIpc) is 3.11. The summed E-state index contributed by atoms with van der Waals surface area (Å²) in [6.45, 7) is 10.8. The predicted molar refractivity (Wildman–Crippen MR) is 65.2 cm³/mol. The highest BCUT2D eigenvalue weighted by Gasteiger charge is 2.35. The maximum Gasteiger partial charge on any atom is 0.225 e. The molecule has 3 heteroatoms. The van der Waals surface area contributed by atoms with Crippen LogP contribution < -0.4 is 0 Å². The zero-order valence-corrected chi connectivity index (χ0v) is 10.8. The lowest BCUT2D eigenvalue weighted by Crippen LogP contribution is -2.52. The molecule has 16 heavy (non-hydrogen) atoms. The fraction of sp³-hybridized carbons (Fsp3) is 0.923. The van der Waals surface area contributed by atoms with Gasteiger partial charge in [-0.25, -0.2) is 0 Å². The van der Waals surface area contributed by atoms with E-state index < -0.39 is 0 Å². The highest BCUT2D eigenvalue weighted by Crippen LogP contribution is 2.31. The minimum Gasteiger partial charge on any atom is -0.340 e. The molecule has 0 aromatic rings. The van der Waals surface area contributed by atoms with E-state index in [1.165, 1.54) is 0 Å². The molecule has 1 amide bonds. The first-order valence-corrected chi connectivity index (χ1v) is 6.62. The topological polar surface area (TPSA) is 23.6 Å². The third-order valence-corrected chi connectivity index (χ3v) is 4.09. The Balaban J connectivity index is 1.79. The normalized spacial score (nSPS) is 24.9. The van der Waals surface area contributed by atoms with E-state index in [2.05, 4.69) is 30.6 Å². The van der Waals surface area contributed by atoms with Crippen LogP contribution in [-0.4, -0.2) is 47.9 Å². The first-order chi connectivity index (χ1) is 7.59. The van der Waals surface area contributed by atoms with Crippen molar-refractivity contribution >= 4 is 5.91 Å². The zero-order valence-electron chi connectivity index (χ0n) is 10.8. The van der Waals surface area contributed by atoms with Crippen molar-refractivity contribution in [2.45, 2.75) is 39.7 Å². The summed E-state index contributed by atoms with van der Waals surface area (Å²) in [7, 11) is 0. The van der Waals surface area contributed by atoms with Gasteiger partial charge in [-0.3, -0.25) is 9.69 Å². The van der Waals surface area contributed by atoms with Gasteiger partial charge in [0.2, 0.25) is 5.91 Å². The molecule has 92 valence electrons. The number of carbonyl (C=O) groups excluding carboxylic acids is 1. The Labute approximate surface area is 98.8 Å². The fourth-order valence-corrected chi connectivity index (χ4v) is 2.36. The van der Waals surface area contributed by atoms with Crippen LogP contribution in [0.1, 0.15) is 33.6 Å². The average molecular weight is 224 g/mol. The molecule has 2 aliphatic rings. The lowest BCUT2D eigenvalue weighted by atomic mass is 10.0. The molecule has 1 saturated carbocycles. The molecule has 1 aliphatic heterocycles. The van der Waals surface area contributed by atoms with Crippen LogP contribution in [0.3, 0.4) is 0 Å². The van der Waals surface area contributed by atoms with Crippen molar-refractivity contribution in [2.75, 3.05) is 26.2 Å². The van der Waals surface area contributed by atoms with Gasteiger partial charge in [0.05, 0.1) is 0 Å². The van der Waals surface area contributed by atoms with Gasteiger partial charge < -0.3 is 4.90 Å². The summed E-state index contributed by atoms with van der Waals surface area (Å²) in [6.07, 6.45) is 2.25. The second-order valence-corrected chi connectivity index (χ2v) is 5.62. The summed E-state index contributed by atoms with van der Waals surface area (Å²) < 4.78 is 0. The quantitative estimate of drug-likeness (QED) is 0.727. The monoisotopic (exact) mass is 224 g/mol. The van der Waals surface area contributed by atoms with Gasteiger partial charge >= 0.3 is 0 Å². The van der Waals surface area contributed by atoms with Crippen molar-refractivity contribution < 1.29 is 4.79 Å². The number of hydrogen-bond acceptors (Lipinski definition) is 2. The van der Waals surface area contributed by atoms with E-state index in [0.29, 0.717) is 23.8 Å². The molecular formula is C13H24N2O. The van der Waals surface area contributed by atoms with Crippen molar-refractivity contribution in [3.05, 3.63) is 0 Å². The van der Waals surface area contributed by atoms with Crippen molar-refractivity contribution in [2.24, 2.45) is 11.8 Å². The van der Waals surface area contributed by atoms with Crippen molar-refractivity contribution in [3.8, 4) is 0 Å². The van der Waals surface area contributed by atoms with Crippen LogP contribution in [0.2, 0.25) is 0 Å². The van der Waals surface area contributed by atoms with Gasteiger partial charge in [0.1, 0.15) is 0 Å². The largest absolute Gasteiger partial charge is 0.340 e. The number of hydrogen-bond donors (Lipinski definition) is 0. The molecule has 1 atom stereocenters. The van der Waals surface area contributed by atoms with E-state index in [0.717, 1.165) is 39.0 Å². The van der Waals surface area contributed by atoms with E-state index in [4.69, 9.17) is 0 Å². The number of rotatable bonds is 3. The van der Waals surface area contributed by atoms with Crippen LogP contribution in [0.5, 0.6) is 0 Å². The maximum atomic E-state index is 11.9. The molecule has 0 aromatic heterocycles. The Hall–Kier alpha value is -0.570. The first-order valence-electron chi connectivity index (χ1n) is 6.62. The van der Waals surface area contributed by atoms with E-state index in [-0.39, 0.29) is 0 Å². The summed E-state index contributed by atoms with van der Waals surface area (Å²) in [5, 5.41) is 0. The minimum atomic E-state index is 0.383. The second kappa shape index (κ2) is 4.74. The van der Waals surface area contributed by atoms with Gasteiger partial charge in [-0.05, 0) is 25.7 Å². The molecule has 0 radical (unpaired) electrons. The lowest BCUT2D eigenvalue weighted by molar-refractivity contribution is -0.134. The molecule has 1 aliphatic carbocycles. The molecule has 0 spiro atoms. The third-order valence-electron chi connectivity index (χ3n) is 4.09. The summed E-state index contributed by atoms with van der Waals surface area (Å²) in [5.74, 6) is 1.50. The Morgan fingerprint density at radius 1 is 1.06 bits per heavy atom. The molecule has 1 heterocycles. The third kappa shape index (κ3) is 2.57. The first kappa shape index (κ1) is 11.9. The summed E-state index contributed by atoms with van der Waals surface area (Å²) in [6, 6.07) is 0.637. The highest BCUT2D eigenvalue weighted by atomic mass is 16.2.